The molecule has 0 saturated carbocycles. The number of hydrogen-bond acceptors (Lipinski definition) is 7. The second-order valence-corrected chi connectivity index (χ2v) is 6.86. The van der Waals surface area contributed by atoms with Crippen molar-refractivity contribution in [3.8, 4) is 0 Å². The van der Waals surface area contributed by atoms with Crippen LogP contribution in [0.4, 0.5) is 28.4 Å². The van der Waals surface area contributed by atoms with Gasteiger partial charge in [0.15, 0.2) is 17.3 Å². The van der Waals surface area contributed by atoms with Crippen LogP contribution in [-0.2, 0) is 0 Å². The monoisotopic (exact) mass is 386 g/mol. The molecule has 0 aliphatic heterocycles. The molecule has 4 rings (SSSR count). The Morgan fingerprint density at radius 2 is 1.14 bits per heavy atom. The summed E-state index contributed by atoms with van der Waals surface area (Å²) in [5, 5.41) is 3.13. The number of nitrogen functional groups attached to an aromatic ring is 3. The fraction of sp³-hybridized carbons (Fsp3) is 0.0455. The highest BCUT2D eigenvalue weighted by Gasteiger charge is 2.36. The molecule has 0 amide bonds. The van der Waals surface area contributed by atoms with Gasteiger partial charge in [-0.05, 0) is 55.5 Å². The van der Waals surface area contributed by atoms with Crippen LogP contribution >= 0.6 is 0 Å². The van der Waals surface area contributed by atoms with Gasteiger partial charge in [-0.1, -0.05) is 0 Å². The lowest BCUT2D eigenvalue weighted by Crippen LogP contribution is -2.26. The molecule has 3 aromatic carbocycles. The number of ketones is 3. The van der Waals surface area contributed by atoms with Crippen LogP contribution in [0, 0.1) is 0 Å². The number of hydrogen-bond donors (Lipinski definition) is 4. The second kappa shape index (κ2) is 6.49. The first-order valence-electron chi connectivity index (χ1n) is 8.87. The van der Waals surface area contributed by atoms with Gasteiger partial charge in [-0.2, -0.15) is 0 Å². The van der Waals surface area contributed by atoms with E-state index >= 15 is 0 Å². The van der Waals surface area contributed by atoms with E-state index in [1.165, 1.54) is 19.1 Å². The predicted molar refractivity (Wildman–Crippen MR) is 113 cm³/mol. The number of carbonyl (C=O) groups excluding carboxylic acids is 3. The Kier molecular flexibility index (Phi) is 4.08. The van der Waals surface area contributed by atoms with Gasteiger partial charge in [-0.3, -0.25) is 14.4 Å². The van der Waals surface area contributed by atoms with E-state index in [9.17, 15) is 14.4 Å². The van der Waals surface area contributed by atoms with E-state index in [1.807, 2.05) is 0 Å². The fourth-order valence-electron chi connectivity index (χ4n) is 3.52. The number of carbonyl (C=O) groups is 3. The Balaban J connectivity index is 1.86. The van der Waals surface area contributed by atoms with Crippen molar-refractivity contribution in [2.24, 2.45) is 0 Å². The maximum atomic E-state index is 13.3. The van der Waals surface area contributed by atoms with E-state index in [0.717, 1.165) is 0 Å². The SMILES string of the molecule is CC(=O)c1ccc(Nc2ccc(N)c3c2C(=O)c2c(N)ccc(N)c2C3=O)cc1. The minimum Gasteiger partial charge on any atom is -0.398 e. The number of Topliss-reactive ketones (excluding diaryl/α,β-unsaturated/α-hetero) is 1. The van der Waals surface area contributed by atoms with Crippen molar-refractivity contribution in [3.05, 3.63) is 76.3 Å². The molecule has 29 heavy (non-hydrogen) atoms. The zero-order valence-electron chi connectivity index (χ0n) is 15.6. The van der Waals surface area contributed by atoms with Crippen LogP contribution in [0.2, 0.25) is 0 Å². The van der Waals surface area contributed by atoms with Gasteiger partial charge in [0.2, 0.25) is 0 Å². The molecular weight excluding hydrogens is 368 g/mol. The molecule has 7 nitrogen and oxygen atoms in total. The van der Waals surface area contributed by atoms with E-state index in [4.69, 9.17) is 17.2 Å². The van der Waals surface area contributed by atoms with Gasteiger partial charge in [0.1, 0.15) is 0 Å². The summed E-state index contributed by atoms with van der Waals surface area (Å²) in [6.45, 7) is 1.48. The van der Waals surface area contributed by atoms with E-state index in [-0.39, 0.29) is 45.1 Å². The number of benzene rings is 3. The number of rotatable bonds is 3. The highest BCUT2D eigenvalue weighted by atomic mass is 16.1. The molecule has 144 valence electrons. The molecule has 3 aromatic rings. The van der Waals surface area contributed by atoms with Crippen LogP contribution in [0.5, 0.6) is 0 Å². The van der Waals surface area contributed by atoms with Crippen molar-refractivity contribution in [2.45, 2.75) is 6.92 Å². The summed E-state index contributed by atoms with van der Waals surface area (Å²) in [4.78, 5) is 37.9. The number of anilines is 5. The van der Waals surface area contributed by atoms with Crippen molar-refractivity contribution in [3.63, 3.8) is 0 Å². The van der Waals surface area contributed by atoms with Gasteiger partial charge < -0.3 is 22.5 Å². The van der Waals surface area contributed by atoms with Gasteiger partial charge in [0.05, 0.1) is 27.9 Å². The fourth-order valence-corrected chi connectivity index (χ4v) is 3.52. The number of fused-ring (bicyclic) bond motifs is 2. The first kappa shape index (κ1) is 18.2. The lowest BCUT2D eigenvalue weighted by molar-refractivity contribution is 0.0981. The standard InChI is InChI=1S/C22H18N4O3/c1-10(27)11-2-4-12(5-3-11)26-16-9-8-15(25)19-20(16)22(29)18-14(24)7-6-13(23)17(18)21(19)28/h2-9,26H,23-25H2,1H3. The summed E-state index contributed by atoms with van der Waals surface area (Å²) in [5.41, 5.74) is 20.6. The van der Waals surface area contributed by atoms with Crippen molar-refractivity contribution < 1.29 is 14.4 Å². The molecule has 1 aliphatic rings. The molecule has 0 atom stereocenters. The van der Waals surface area contributed by atoms with Crippen molar-refractivity contribution in [1.29, 1.82) is 0 Å². The Hall–Kier alpha value is -4.13. The highest BCUT2D eigenvalue weighted by molar-refractivity contribution is 6.34. The Labute approximate surface area is 166 Å². The molecule has 0 aromatic heterocycles. The van der Waals surface area contributed by atoms with E-state index in [0.29, 0.717) is 16.9 Å². The number of nitrogens with two attached hydrogens (primary N) is 3. The molecule has 0 saturated heterocycles. The highest BCUT2D eigenvalue weighted by Crippen LogP contribution is 2.40. The predicted octanol–water partition coefficient (Wildman–Crippen LogP) is 3.15. The minimum atomic E-state index is -0.438. The summed E-state index contributed by atoms with van der Waals surface area (Å²) in [6, 6.07) is 13.0. The largest absolute Gasteiger partial charge is 0.398 e. The zero-order valence-corrected chi connectivity index (χ0v) is 15.6. The molecule has 0 bridgehead atoms. The number of nitrogens with one attached hydrogen (secondary N) is 1. The van der Waals surface area contributed by atoms with Crippen molar-refractivity contribution in [1.82, 2.24) is 0 Å². The third-order valence-electron chi connectivity index (χ3n) is 4.99. The third-order valence-corrected chi connectivity index (χ3v) is 4.99. The normalized spacial score (nSPS) is 12.3. The van der Waals surface area contributed by atoms with Crippen LogP contribution in [-0.4, -0.2) is 17.3 Å². The molecular formula is C22H18N4O3. The first-order valence-corrected chi connectivity index (χ1v) is 8.87. The Bertz CT molecular complexity index is 1210. The molecule has 7 heteroatoms. The molecule has 0 heterocycles. The van der Waals surface area contributed by atoms with Gasteiger partial charge in [-0.15, -0.1) is 0 Å². The van der Waals surface area contributed by atoms with Crippen molar-refractivity contribution in [2.75, 3.05) is 22.5 Å². The zero-order chi connectivity index (χ0) is 20.9. The molecule has 0 fully saturated rings. The van der Waals surface area contributed by atoms with E-state index in [1.54, 1.807) is 36.4 Å². The average molecular weight is 386 g/mol. The summed E-state index contributed by atoms with van der Waals surface area (Å²) >= 11 is 0. The maximum Gasteiger partial charge on any atom is 0.198 e. The molecule has 0 spiro atoms. The van der Waals surface area contributed by atoms with E-state index < -0.39 is 11.6 Å². The topological polar surface area (TPSA) is 141 Å². The lowest BCUT2D eigenvalue weighted by atomic mass is 9.80. The summed E-state index contributed by atoms with van der Waals surface area (Å²) in [6.07, 6.45) is 0. The van der Waals surface area contributed by atoms with Crippen LogP contribution < -0.4 is 22.5 Å². The summed E-state index contributed by atoms with van der Waals surface area (Å²) < 4.78 is 0. The van der Waals surface area contributed by atoms with E-state index in [2.05, 4.69) is 5.32 Å². The summed E-state index contributed by atoms with van der Waals surface area (Å²) in [7, 11) is 0. The van der Waals surface area contributed by atoms with Crippen LogP contribution in [0.25, 0.3) is 0 Å². The van der Waals surface area contributed by atoms with Gasteiger partial charge in [0.25, 0.3) is 0 Å². The molecule has 0 unspecified atom stereocenters. The average Bonchev–Trinajstić information content (AvgIpc) is 2.69. The van der Waals surface area contributed by atoms with Gasteiger partial charge in [-0.25, -0.2) is 0 Å². The molecule has 1 aliphatic carbocycles. The molecule has 0 radical (unpaired) electrons. The first-order chi connectivity index (χ1) is 13.8. The Morgan fingerprint density at radius 1 is 0.690 bits per heavy atom. The minimum absolute atomic E-state index is 0.0492. The van der Waals surface area contributed by atoms with Crippen LogP contribution in [0.3, 0.4) is 0 Å². The Morgan fingerprint density at radius 3 is 1.66 bits per heavy atom. The molecule has 7 N–H and O–H groups in total. The second-order valence-electron chi connectivity index (χ2n) is 6.86. The third kappa shape index (κ3) is 2.80. The summed E-state index contributed by atoms with van der Waals surface area (Å²) in [5.74, 6) is -0.908. The van der Waals surface area contributed by atoms with Crippen molar-refractivity contribution >= 4 is 45.8 Å². The maximum absolute atomic E-state index is 13.3. The lowest BCUT2D eigenvalue weighted by Gasteiger charge is -2.24. The quantitative estimate of drug-likeness (QED) is 0.313. The van der Waals surface area contributed by atoms with Crippen LogP contribution in [0.1, 0.15) is 49.1 Å². The van der Waals surface area contributed by atoms with Crippen LogP contribution in [0.15, 0.2) is 48.5 Å². The smallest absolute Gasteiger partial charge is 0.198 e. The van der Waals surface area contributed by atoms with Gasteiger partial charge in [0, 0.05) is 28.3 Å². The van der Waals surface area contributed by atoms with Gasteiger partial charge >= 0.3 is 0 Å².